The highest BCUT2D eigenvalue weighted by Gasteiger charge is 2.02. The highest BCUT2D eigenvalue weighted by Crippen LogP contribution is 2.13. The van der Waals surface area contributed by atoms with Crippen LogP contribution in [0.4, 0.5) is 0 Å². The fourth-order valence-corrected chi connectivity index (χ4v) is 1.15. The summed E-state index contributed by atoms with van der Waals surface area (Å²) < 4.78 is 1.53. The highest BCUT2D eigenvalue weighted by atomic mass is 15.3. The minimum Gasteiger partial charge on any atom is -0.339 e. The number of fused-ring (bicyclic) bond motifs is 1. The normalized spacial score (nSPS) is 10.6. The molecule has 2 rings (SSSR count). The predicted octanol–water partition coefficient (Wildman–Crippen LogP) is 0.454. The van der Waals surface area contributed by atoms with E-state index in [9.17, 15) is 0 Å². The zero-order valence-corrected chi connectivity index (χ0v) is 6.15. The van der Waals surface area contributed by atoms with E-state index in [4.69, 9.17) is 5.84 Å². The van der Waals surface area contributed by atoms with Crippen molar-refractivity contribution in [3.05, 3.63) is 24.3 Å². The summed E-state index contributed by atoms with van der Waals surface area (Å²) in [5.74, 6) is 5.61. The Labute approximate surface area is 63.6 Å². The predicted molar refractivity (Wildman–Crippen MR) is 42.4 cm³/mol. The standard InChI is InChI=1S/C7H8N4/c1-5-3-11(8)6-2-9-4-10-7(5)6/h2-4H,8H2,1H3. The largest absolute Gasteiger partial charge is 0.339 e. The molecule has 4 nitrogen and oxygen atoms in total. The molecule has 0 aliphatic carbocycles. The summed E-state index contributed by atoms with van der Waals surface area (Å²) in [7, 11) is 0. The number of hydrogen-bond acceptors (Lipinski definition) is 3. The molecule has 0 saturated heterocycles. The van der Waals surface area contributed by atoms with Crippen molar-refractivity contribution in [3.63, 3.8) is 0 Å². The minimum atomic E-state index is 0.866. The fraction of sp³-hybridized carbons (Fsp3) is 0.143. The monoisotopic (exact) mass is 148 g/mol. The van der Waals surface area contributed by atoms with Crippen LogP contribution in [-0.4, -0.2) is 14.6 Å². The lowest BCUT2D eigenvalue weighted by Crippen LogP contribution is -2.05. The van der Waals surface area contributed by atoms with E-state index < -0.39 is 0 Å². The van der Waals surface area contributed by atoms with Crippen LogP contribution < -0.4 is 5.84 Å². The molecule has 0 aliphatic rings. The lowest BCUT2D eigenvalue weighted by molar-refractivity contribution is 1.05. The van der Waals surface area contributed by atoms with Gasteiger partial charge in [-0.25, -0.2) is 9.97 Å². The van der Waals surface area contributed by atoms with E-state index in [1.165, 1.54) is 11.0 Å². The van der Waals surface area contributed by atoms with Crippen LogP contribution >= 0.6 is 0 Å². The van der Waals surface area contributed by atoms with Crippen molar-refractivity contribution in [2.75, 3.05) is 5.84 Å². The molecule has 0 atom stereocenters. The molecular weight excluding hydrogens is 140 g/mol. The van der Waals surface area contributed by atoms with E-state index in [1.54, 1.807) is 6.20 Å². The molecule has 0 amide bonds. The Morgan fingerprint density at radius 3 is 3.09 bits per heavy atom. The van der Waals surface area contributed by atoms with E-state index in [0.717, 1.165) is 16.6 Å². The second-order valence-corrected chi connectivity index (χ2v) is 2.48. The van der Waals surface area contributed by atoms with E-state index in [1.807, 2.05) is 13.1 Å². The van der Waals surface area contributed by atoms with Crippen LogP contribution in [0.25, 0.3) is 11.0 Å². The third-order valence-corrected chi connectivity index (χ3v) is 1.68. The summed E-state index contributed by atoms with van der Waals surface area (Å²) in [5, 5.41) is 0. The molecule has 4 heteroatoms. The quantitative estimate of drug-likeness (QED) is 0.552. The van der Waals surface area contributed by atoms with Gasteiger partial charge in [0.25, 0.3) is 0 Å². The van der Waals surface area contributed by atoms with Crippen LogP contribution in [0.3, 0.4) is 0 Å². The van der Waals surface area contributed by atoms with E-state index in [2.05, 4.69) is 9.97 Å². The van der Waals surface area contributed by atoms with Gasteiger partial charge in [-0.1, -0.05) is 0 Å². The van der Waals surface area contributed by atoms with E-state index >= 15 is 0 Å². The number of aryl methyl sites for hydroxylation is 1. The van der Waals surface area contributed by atoms with Crippen molar-refractivity contribution < 1.29 is 0 Å². The SMILES string of the molecule is Cc1cn(N)c2cncnc12. The average molecular weight is 148 g/mol. The van der Waals surface area contributed by atoms with Crippen molar-refractivity contribution >= 4 is 11.0 Å². The summed E-state index contributed by atoms with van der Waals surface area (Å²) in [6.45, 7) is 1.97. The average Bonchev–Trinajstić information content (AvgIpc) is 2.30. The Morgan fingerprint density at radius 1 is 1.55 bits per heavy atom. The first-order valence-electron chi connectivity index (χ1n) is 3.32. The van der Waals surface area contributed by atoms with Gasteiger partial charge in [-0.05, 0) is 12.5 Å². The van der Waals surface area contributed by atoms with Gasteiger partial charge in [0.15, 0.2) is 0 Å². The number of nitrogen functional groups attached to an aromatic ring is 1. The van der Waals surface area contributed by atoms with Gasteiger partial charge in [-0.3, -0.25) is 4.68 Å². The summed E-state index contributed by atoms with van der Waals surface area (Å²) >= 11 is 0. The number of aromatic nitrogens is 3. The van der Waals surface area contributed by atoms with Crippen molar-refractivity contribution in [2.24, 2.45) is 0 Å². The van der Waals surface area contributed by atoms with Crippen LogP contribution in [0.1, 0.15) is 5.56 Å². The second-order valence-electron chi connectivity index (χ2n) is 2.48. The van der Waals surface area contributed by atoms with Crippen molar-refractivity contribution in [2.45, 2.75) is 6.92 Å². The summed E-state index contributed by atoms with van der Waals surface area (Å²) in [5.41, 5.74) is 2.86. The molecule has 0 aromatic carbocycles. The maximum absolute atomic E-state index is 5.61. The van der Waals surface area contributed by atoms with E-state index in [-0.39, 0.29) is 0 Å². The Hall–Kier alpha value is -1.58. The van der Waals surface area contributed by atoms with Crippen molar-refractivity contribution in [1.82, 2.24) is 14.6 Å². The molecule has 0 unspecified atom stereocenters. The lowest BCUT2D eigenvalue weighted by atomic mass is 10.3. The lowest BCUT2D eigenvalue weighted by Gasteiger charge is -1.91. The van der Waals surface area contributed by atoms with Gasteiger partial charge in [-0.2, -0.15) is 0 Å². The van der Waals surface area contributed by atoms with Crippen LogP contribution in [0.2, 0.25) is 0 Å². The first-order valence-corrected chi connectivity index (χ1v) is 3.32. The van der Waals surface area contributed by atoms with Gasteiger partial charge in [0.2, 0.25) is 0 Å². The van der Waals surface area contributed by atoms with Crippen LogP contribution in [0.5, 0.6) is 0 Å². The molecule has 0 bridgehead atoms. The Kier molecular flexibility index (Phi) is 1.09. The van der Waals surface area contributed by atoms with Gasteiger partial charge in [0.05, 0.1) is 11.7 Å². The molecule has 0 saturated carbocycles. The van der Waals surface area contributed by atoms with Crippen LogP contribution in [0.15, 0.2) is 18.7 Å². The Bertz CT molecular complexity index is 354. The molecular formula is C7H8N4. The molecule has 2 N–H and O–H groups in total. The van der Waals surface area contributed by atoms with Crippen molar-refractivity contribution in [1.29, 1.82) is 0 Å². The Morgan fingerprint density at radius 2 is 2.36 bits per heavy atom. The van der Waals surface area contributed by atoms with Gasteiger partial charge >= 0.3 is 0 Å². The Balaban J connectivity index is 2.95. The molecule has 0 radical (unpaired) electrons. The number of hydrogen-bond donors (Lipinski definition) is 1. The molecule has 2 aromatic rings. The fourth-order valence-electron chi connectivity index (χ4n) is 1.15. The third kappa shape index (κ3) is 0.756. The molecule has 0 fully saturated rings. The maximum Gasteiger partial charge on any atom is 0.116 e. The number of nitrogens with zero attached hydrogens (tertiary/aromatic N) is 3. The minimum absolute atomic E-state index is 0.866. The maximum atomic E-state index is 5.61. The topological polar surface area (TPSA) is 56.7 Å². The summed E-state index contributed by atoms with van der Waals surface area (Å²) in [4.78, 5) is 7.96. The molecule has 0 spiro atoms. The van der Waals surface area contributed by atoms with Gasteiger partial charge in [-0.15, -0.1) is 0 Å². The van der Waals surface area contributed by atoms with Crippen molar-refractivity contribution in [3.8, 4) is 0 Å². The molecule has 2 aromatic heterocycles. The van der Waals surface area contributed by atoms with Crippen LogP contribution in [0, 0.1) is 6.92 Å². The number of nitrogens with two attached hydrogens (primary N) is 1. The second kappa shape index (κ2) is 1.95. The van der Waals surface area contributed by atoms with Crippen LogP contribution in [-0.2, 0) is 0 Å². The first-order chi connectivity index (χ1) is 5.29. The molecule has 11 heavy (non-hydrogen) atoms. The zero-order chi connectivity index (χ0) is 7.84. The van der Waals surface area contributed by atoms with Gasteiger partial charge < -0.3 is 5.84 Å². The summed E-state index contributed by atoms with van der Waals surface area (Å²) in [6.07, 6.45) is 5.06. The third-order valence-electron chi connectivity index (χ3n) is 1.68. The molecule has 2 heterocycles. The van der Waals surface area contributed by atoms with Gasteiger partial charge in [0, 0.05) is 6.20 Å². The highest BCUT2D eigenvalue weighted by molar-refractivity contribution is 5.78. The molecule has 56 valence electrons. The molecule has 0 aliphatic heterocycles. The van der Waals surface area contributed by atoms with E-state index in [0.29, 0.717) is 0 Å². The summed E-state index contributed by atoms with van der Waals surface area (Å²) in [6, 6.07) is 0. The van der Waals surface area contributed by atoms with Gasteiger partial charge in [0.1, 0.15) is 11.8 Å². The smallest absolute Gasteiger partial charge is 0.116 e. The zero-order valence-electron chi connectivity index (χ0n) is 6.15. The first kappa shape index (κ1) is 6.15. The number of rotatable bonds is 0.